The molecule has 4 rings (SSSR count). The minimum atomic E-state index is -3.61. The Hall–Kier alpha value is -2.68. The summed E-state index contributed by atoms with van der Waals surface area (Å²) < 4.78 is 38.5. The normalized spacial score (nSPS) is 20.1. The molecule has 0 saturated carbocycles. The fraction of sp³-hybridized carbons (Fsp3) is 0.348. The third-order valence-electron chi connectivity index (χ3n) is 5.32. The van der Waals surface area contributed by atoms with Crippen molar-refractivity contribution in [3.8, 4) is 0 Å². The van der Waals surface area contributed by atoms with Gasteiger partial charge in [0.05, 0.1) is 29.8 Å². The van der Waals surface area contributed by atoms with Gasteiger partial charge in [-0.25, -0.2) is 8.42 Å². The van der Waals surface area contributed by atoms with Crippen molar-refractivity contribution >= 4 is 32.6 Å². The fourth-order valence-electron chi connectivity index (χ4n) is 3.90. The van der Waals surface area contributed by atoms with Crippen molar-refractivity contribution in [3.63, 3.8) is 0 Å². The summed E-state index contributed by atoms with van der Waals surface area (Å²) in [5.41, 5.74) is 3.19. The number of amides is 1. The van der Waals surface area contributed by atoms with Crippen molar-refractivity contribution in [3.05, 3.63) is 59.9 Å². The first kappa shape index (κ1) is 21.5. The van der Waals surface area contributed by atoms with Crippen LogP contribution in [-0.2, 0) is 26.0 Å². The molecule has 2 heterocycles. The molecule has 0 unspecified atom stereocenters. The molecule has 1 saturated heterocycles. The van der Waals surface area contributed by atoms with Gasteiger partial charge >= 0.3 is 0 Å². The number of rotatable bonds is 5. The van der Waals surface area contributed by atoms with Crippen LogP contribution in [0.25, 0.3) is 11.0 Å². The van der Waals surface area contributed by atoms with Crippen LogP contribution in [0.1, 0.15) is 25.0 Å². The summed E-state index contributed by atoms with van der Waals surface area (Å²) in [6.45, 7) is 6.36. The second-order valence-electron chi connectivity index (χ2n) is 8.09. The summed E-state index contributed by atoms with van der Waals surface area (Å²) in [7, 11) is -3.61. The highest BCUT2D eigenvalue weighted by Crippen LogP contribution is 2.24. The number of sulfonamides is 1. The maximum atomic E-state index is 12.9. The molecule has 1 amide bonds. The summed E-state index contributed by atoms with van der Waals surface area (Å²) in [5.74, 6) is -0.198. The van der Waals surface area contributed by atoms with Gasteiger partial charge in [0.25, 0.3) is 0 Å². The van der Waals surface area contributed by atoms with Gasteiger partial charge in [-0.15, -0.1) is 0 Å². The van der Waals surface area contributed by atoms with Gasteiger partial charge in [-0.3, -0.25) is 4.79 Å². The number of hydrogen-bond acceptors (Lipinski definition) is 5. The molecule has 164 valence electrons. The number of nitrogens with zero attached hydrogens (tertiary/aromatic N) is 1. The highest BCUT2D eigenvalue weighted by Gasteiger charge is 2.32. The Labute approximate surface area is 182 Å². The van der Waals surface area contributed by atoms with Gasteiger partial charge in [0, 0.05) is 29.7 Å². The van der Waals surface area contributed by atoms with Crippen molar-refractivity contribution in [2.45, 2.75) is 44.3 Å². The van der Waals surface area contributed by atoms with E-state index in [-0.39, 0.29) is 29.4 Å². The van der Waals surface area contributed by atoms with E-state index in [0.29, 0.717) is 18.8 Å². The minimum Gasteiger partial charge on any atom is -0.464 e. The Kier molecular flexibility index (Phi) is 5.88. The maximum Gasteiger partial charge on any atom is 0.243 e. The number of carbonyl (C=O) groups excluding carboxylic acids is 1. The summed E-state index contributed by atoms with van der Waals surface area (Å²) in [5, 5.41) is 3.74. The molecular formula is C23H26N2O5S. The minimum absolute atomic E-state index is 0.153. The van der Waals surface area contributed by atoms with Crippen molar-refractivity contribution in [1.29, 1.82) is 0 Å². The van der Waals surface area contributed by atoms with Crippen LogP contribution in [0.3, 0.4) is 0 Å². The van der Waals surface area contributed by atoms with Gasteiger partial charge in [-0.2, -0.15) is 4.31 Å². The van der Waals surface area contributed by atoms with E-state index in [1.165, 1.54) is 16.4 Å². The Balaban J connectivity index is 1.44. The lowest BCUT2D eigenvalue weighted by molar-refractivity contribution is -0.115. The number of anilines is 1. The molecule has 1 aromatic heterocycles. The van der Waals surface area contributed by atoms with Gasteiger partial charge in [-0.1, -0.05) is 11.6 Å². The average Bonchev–Trinajstić information content (AvgIpc) is 3.09. The van der Waals surface area contributed by atoms with Gasteiger partial charge in [0.1, 0.15) is 5.58 Å². The zero-order valence-corrected chi connectivity index (χ0v) is 18.6. The third-order valence-corrected chi connectivity index (χ3v) is 7.17. The van der Waals surface area contributed by atoms with E-state index >= 15 is 0 Å². The zero-order valence-electron chi connectivity index (χ0n) is 17.8. The molecule has 0 radical (unpaired) electrons. The molecule has 1 fully saturated rings. The standard InChI is InChI=1S/C23H26N2O5S/c1-15-4-9-22-21(10-15)18(14-29-22)11-23(26)24-19-5-7-20(8-6-19)31(27,28)25-12-16(2)30-17(3)13-25/h4-10,14,16-17H,11-13H2,1-3H3,(H,24,26)/t16-,17-/m1/s1. The molecule has 0 bridgehead atoms. The molecule has 31 heavy (non-hydrogen) atoms. The summed E-state index contributed by atoms with van der Waals surface area (Å²) in [4.78, 5) is 12.7. The van der Waals surface area contributed by atoms with Crippen LogP contribution in [0.15, 0.2) is 58.0 Å². The number of hydrogen-bond donors (Lipinski definition) is 1. The topological polar surface area (TPSA) is 88.8 Å². The Morgan fingerprint density at radius 3 is 2.45 bits per heavy atom. The SMILES string of the molecule is Cc1ccc2occ(CC(=O)Nc3ccc(S(=O)(=O)N4C[C@@H](C)O[C@H](C)C4)cc3)c2c1. The largest absolute Gasteiger partial charge is 0.464 e. The van der Waals surface area contributed by atoms with E-state index in [4.69, 9.17) is 9.15 Å². The van der Waals surface area contributed by atoms with Gasteiger partial charge in [0.2, 0.25) is 15.9 Å². The van der Waals surface area contributed by atoms with Crippen LogP contribution in [0, 0.1) is 6.92 Å². The van der Waals surface area contributed by atoms with Crippen LogP contribution in [0.2, 0.25) is 0 Å². The number of nitrogens with one attached hydrogen (secondary N) is 1. The number of benzene rings is 2. The lowest BCUT2D eigenvalue weighted by Crippen LogP contribution is -2.48. The molecule has 0 aliphatic carbocycles. The molecule has 3 aromatic rings. The maximum absolute atomic E-state index is 12.9. The molecule has 0 spiro atoms. The van der Waals surface area contributed by atoms with Crippen LogP contribution >= 0.6 is 0 Å². The zero-order chi connectivity index (χ0) is 22.2. The third kappa shape index (κ3) is 4.66. The van der Waals surface area contributed by atoms with E-state index < -0.39 is 10.0 Å². The van der Waals surface area contributed by atoms with E-state index in [0.717, 1.165) is 22.1 Å². The number of fused-ring (bicyclic) bond motifs is 1. The first-order valence-corrected chi connectivity index (χ1v) is 11.7. The number of furan rings is 1. The van der Waals surface area contributed by atoms with Crippen LogP contribution in [0.5, 0.6) is 0 Å². The first-order chi connectivity index (χ1) is 14.7. The van der Waals surface area contributed by atoms with Crippen LogP contribution in [0.4, 0.5) is 5.69 Å². The highest BCUT2D eigenvalue weighted by molar-refractivity contribution is 7.89. The molecule has 8 heteroatoms. The van der Waals surface area contributed by atoms with E-state index in [1.54, 1.807) is 18.4 Å². The van der Waals surface area contributed by atoms with Crippen molar-refractivity contribution in [2.24, 2.45) is 0 Å². The van der Waals surface area contributed by atoms with Gasteiger partial charge in [-0.05, 0) is 57.2 Å². The lowest BCUT2D eigenvalue weighted by Gasteiger charge is -2.34. The van der Waals surface area contributed by atoms with Crippen molar-refractivity contribution in [2.75, 3.05) is 18.4 Å². The predicted octanol–water partition coefficient (Wildman–Crippen LogP) is 3.72. The predicted molar refractivity (Wildman–Crippen MR) is 118 cm³/mol. The Morgan fingerprint density at radius 2 is 1.77 bits per heavy atom. The van der Waals surface area contributed by atoms with Crippen LogP contribution in [-0.4, -0.2) is 43.9 Å². The lowest BCUT2D eigenvalue weighted by atomic mass is 10.1. The summed E-state index contributed by atoms with van der Waals surface area (Å²) in [6.07, 6.45) is 1.46. The Morgan fingerprint density at radius 1 is 1.10 bits per heavy atom. The van der Waals surface area contributed by atoms with E-state index in [1.807, 2.05) is 39.0 Å². The second kappa shape index (κ2) is 8.45. The van der Waals surface area contributed by atoms with Crippen molar-refractivity contribution < 1.29 is 22.4 Å². The quantitative estimate of drug-likeness (QED) is 0.651. The fourth-order valence-corrected chi connectivity index (χ4v) is 5.49. The Bertz CT molecular complexity index is 1190. The van der Waals surface area contributed by atoms with Crippen LogP contribution < -0.4 is 5.32 Å². The number of aryl methyl sites for hydroxylation is 1. The molecular weight excluding hydrogens is 416 g/mol. The molecule has 2 atom stereocenters. The van der Waals surface area contributed by atoms with Gasteiger partial charge < -0.3 is 14.5 Å². The smallest absolute Gasteiger partial charge is 0.243 e. The van der Waals surface area contributed by atoms with Gasteiger partial charge in [0.15, 0.2) is 0 Å². The number of morpholine rings is 1. The van der Waals surface area contributed by atoms with Crippen molar-refractivity contribution in [1.82, 2.24) is 4.31 Å². The highest BCUT2D eigenvalue weighted by atomic mass is 32.2. The first-order valence-electron chi connectivity index (χ1n) is 10.2. The van der Waals surface area contributed by atoms with E-state index in [2.05, 4.69) is 5.32 Å². The molecule has 1 aliphatic rings. The molecule has 1 N–H and O–H groups in total. The second-order valence-corrected chi connectivity index (χ2v) is 10.0. The monoisotopic (exact) mass is 442 g/mol. The van der Waals surface area contributed by atoms with E-state index in [9.17, 15) is 13.2 Å². The summed E-state index contributed by atoms with van der Waals surface area (Å²) in [6, 6.07) is 12.1. The molecule has 1 aliphatic heterocycles. The molecule has 2 aromatic carbocycles. The average molecular weight is 443 g/mol. The summed E-state index contributed by atoms with van der Waals surface area (Å²) >= 11 is 0. The number of ether oxygens (including phenoxy) is 1. The number of carbonyl (C=O) groups is 1. The molecule has 7 nitrogen and oxygen atoms in total.